The molecule has 0 saturated heterocycles. The normalized spacial score (nSPS) is 9.92. The molecule has 0 fully saturated rings. The van der Waals surface area contributed by atoms with E-state index in [0.717, 1.165) is 5.56 Å². The maximum atomic E-state index is 5.87. The summed E-state index contributed by atoms with van der Waals surface area (Å²) in [6.45, 7) is 0. The number of methoxy groups -OCH3 is 1. The number of rotatable bonds is 2. The van der Waals surface area contributed by atoms with E-state index in [2.05, 4.69) is 0 Å². The van der Waals surface area contributed by atoms with Crippen molar-refractivity contribution in [2.45, 2.75) is 6.32 Å². The quantitative estimate of drug-likeness (QED) is 0.668. The van der Waals surface area contributed by atoms with Gasteiger partial charge in [-0.15, -0.1) is 0 Å². The smallest absolute Gasteiger partial charge is 0.121 e. The van der Waals surface area contributed by atoms with Gasteiger partial charge in [0.25, 0.3) is 0 Å². The van der Waals surface area contributed by atoms with E-state index in [4.69, 9.17) is 35.8 Å². The van der Waals surface area contributed by atoms with Crippen LogP contribution in [0.5, 0.6) is 5.75 Å². The first-order valence-corrected chi connectivity index (χ1v) is 4.16. The molecule has 0 heterocycles. The minimum absolute atomic E-state index is 0.335. The van der Waals surface area contributed by atoms with Crippen LogP contribution in [0.3, 0.4) is 0 Å². The molecule has 0 N–H and O–H groups in total. The fraction of sp³-hybridized carbons (Fsp3) is 0.250. The van der Waals surface area contributed by atoms with E-state index >= 15 is 0 Å². The first-order chi connectivity index (χ1) is 5.69. The molecule has 0 spiro atoms. The van der Waals surface area contributed by atoms with Gasteiger partial charge in [-0.3, -0.25) is 0 Å². The van der Waals surface area contributed by atoms with Crippen LogP contribution in [0.25, 0.3) is 0 Å². The average molecular weight is 201 g/mol. The Balaban J connectivity index is 3.18. The largest absolute Gasteiger partial charge is 0.497 e. The Morgan fingerprint density at radius 3 is 2.17 bits per heavy atom. The summed E-state index contributed by atoms with van der Waals surface area (Å²) in [6, 6.07) is 3.38. The van der Waals surface area contributed by atoms with Gasteiger partial charge in [0.2, 0.25) is 0 Å². The number of ether oxygens (including phenoxy) is 1. The van der Waals surface area contributed by atoms with Gasteiger partial charge in [-0.1, -0.05) is 29.5 Å². The summed E-state index contributed by atoms with van der Waals surface area (Å²) >= 11 is 11.7. The number of halogens is 2. The molecular weight excluding hydrogens is 194 g/mol. The lowest BCUT2D eigenvalue weighted by Crippen LogP contribution is -1.90. The van der Waals surface area contributed by atoms with Crippen LogP contribution in [-0.4, -0.2) is 15.0 Å². The minimum Gasteiger partial charge on any atom is -0.497 e. The minimum atomic E-state index is 0.335. The predicted octanol–water partition coefficient (Wildman–Crippen LogP) is 2.67. The molecule has 0 aliphatic heterocycles. The maximum absolute atomic E-state index is 5.87. The Labute approximate surface area is 83.0 Å². The molecule has 0 amide bonds. The molecule has 1 aromatic rings. The van der Waals surface area contributed by atoms with Crippen molar-refractivity contribution in [1.82, 2.24) is 0 Å². The second kappa shape index (κ2) is 4.06. The Morgan fingerprint density at radius 2 is 1.83 bits per heavy atom. The predicted molar refractivity (Wildman–Crippen MR) is 52.5 cm³/mol. The van der Waals surface area contributed by atoms with Gasteiger partial charge in [-0.2, -0.15) is 0 Å². The van der Waals surface area contributed by atoms with Crippen molar-refractivity contribution in [3.63, 3.8) is 0 Å². The molecule has 0 aromatic heterocycles. The van der Waals surface area contributed by atoms with E-state index in [0.29, 0.717) is 22.1 Å². The fourth-order valence-electron chi connectivity index (χ4n) is 0.893. The Kier molecular flexibility index (Phi) is 3.30. The summed E-state index contributed by atoms with van der Waals surface area (Å²) in [6.07, 6.45) is 0.335. The highest BCUT2D eigenvalue weighted by molar-refractivity contribution is 6.37. The van der Waals surface area contributed by atoms with Gasteiger partial charge in [0.1, 0.15) is 5.75 Å². The Hall–Kier alpha value is -0.335. The van der Waals surface area contributed by atoms with Gasteiger partial charge in [0, 0.05) is 10.0 Å². The molecule has 0 bridgehead atoms. The molecule has 2 radical (unpaired) electrons. The molecule has 1 nitrogen and oxygen atoms in total. The van der Waals surface area contributed by atoms with Crippen LogP contribution in [0, 0.1) is 0 Å². The lowest BCUT2D eigenvalue weighted by Gasteiger charge is -2.06. The van der Waals surface area contributed by atoms with Crippen LogP contribution in [0.4, 0.5) is 0 Å². The van der Waals surface area contributed by atoms with Crippen molar-refractivity contribution in [1.29, 1.82) is 0 Å². The topological polar surface area (TPSA) is 9.23 Å². The van der Waals surface area contributed by atoms with Crippen molar-refractivity contribution in [3.05, 3.63) is 27.7 Å². The third kappa shape index (κ3) is 1.88. The van der Waals surface area contributed by atoms with E-state index < -0.39 is 0 Å². The molecule has 12 heavy (non-hydrogen) atoms. The number of hydrogen-bond donors (Lipinski definition) is 0. The van der Waals surface area contributed by atoms with Gasteiger partial charge < -0.3 is 4.74 Å². The molecule has 0 unspecified atom stereocenters. The lowest BCUT2D eigenvalue weighted by atomic mass is 9.97. The molecule has 4 heteroatoms. The summed E-state index contributed by atoms with van der Waals surface area (Å²) in [5.74, 6) is 0.641. The second-order valence-electron chi connectivity index (χ2n) is 2.27. The van der Waals surface area contributed by atoms with Crippen molar-refractivity contribution >= 4 is 31.0 Å². The van der Waals surface area contributed by atoms with Gasteiger partial charge in [0.15, 0.2) is 0 Å². The molecule has 1 aromatic carbocycles. The van der Waals surface area contributed by atoms with E-state index in [9.17, 15) is 0 Å². The van der Waals surface area contributed by atoms with Crippen molar-refractivity contribution in [2.75, 3.05) is 7.11 Å². The summed E-state index contributed by atoms with van der Waals surface area (Å²) in [5.41, 5.74) is 0.749. The first-order valence-electron chi connectivity index (χ1n) is 3.41. The fourth-order valence-corrected chi connectivity index (χ4v) is 1.51. The van der Waals surface area contributed by atoms with E-state index in [1.54, 1.807) is 19.2 Å². The maximum Gasteiger partial charge on any atom is 0.121 e. The highest BCUT2D eigenvalue weighted by atomic mass is 35.5. The zero-order valence-corrected chi connectivity index (χ0v) is 8.12. The number of benzene rings is 1. The van der Waals surface area contributed by atoms with Gasteiger partial charge in [-0.25, -0.2) is 0 Å². The summed E-state index contributed by atoms with van der Waals surface area (Å²) < 4.78 is 4.97. The van der Waals surface area contributed by atoms with Crippen LogP contribution in [0.2, 0.25) is 10.0 Å². The van der Waals surface area contributed by atoms with E-state index in [-0.39, 0.29) is 0 Å². The van der Waals surface area contributed by atoms with Crippen LogP contribution in [0.15, 0.2) is 12.1 Å². The highest BCUT2D eigenvalue weighted by Gasteiger charge is 2.05. The molecule has 0 aliphatic carbocycles. The van der Waals surface area contributed by atoms with Crippen LogP contribution in [-0.2, 0) is 6.32 Å². The highest BCUT2D eigenvalue weighted by Crippen LogP contribution is 2.29. The molecule has 1 rings (SSSR count). The summed E-state index contributed by atoms with van der Waals surface area (Å²) in [5, 5.41) is 1.09. The van der Waals surface area contributed by atoms with Crippen LogP contribution >= 0.6 is 23.2 Å². The van der Waals surface area contributed by atoms with Crippen molar-refractivity contribution in [2.24, 2.45) is 0 Å². The number of hydrogen-bond acceptors (Lipinski definition) is 1. The Morgan fingerprint density at radius 1 is 1.33 bits per heavy atom. The molecule has 0 atom stereocenters. The standard InChI is InChI=1S/C8H7BCl2O/c1-12-5-2-7(10)6(4-9)8(11)3-5/h2-3H,4H2,1H3. The Bertz CT molecular complexity index is 265. The van der Waals surface area contributed by atoms with Crippen molar-refractivity contribution < 1.29 is 4.74 Å². The third-order valence-electron chi connectivity index (χ3n) is 1.55. The molecule has 0 saturated carbocycles. The van der Waals surface area contributed by atoms with Crippen LogP contribution in [0.1, 0.15) is 5.56 Å². The van der Waals surface area contributed by atoms with E-state index in [1.165, 1.54) is 0 Å². The van der Waals surface area contributed by atoms with Crippen LogP contribution < -0.4 is 4.74 Å². The van der Waals surface area contributed by atoms with Gasteiger partial charge in [0.05, 0.1) is 15.0 Å². The van der Waals surface area contributed by atoms with Crippen molar-refractivity contribution in [3.8, 4) is 5.75 Å². The first kappa shape index (κ1) is 9.75. The third-order valence-corrected chi connectivity index (χ3v) is 2.23. The molecule has 0 aliphatic rings. The summed E-state index contributed by atoms with van der Waals surface area (Å²) in [4.78, 5) is 0. The summed E-state index contributed by atoms with van der Waals surface area (Å²) in [7, 11) is 6.99. The average Bonchev–Trinajstić information content (AvgIpc) is 2.03. The van der Waals surface area contributed by atoms with E-state index in [1.807, 2.05) is 0 Å². The van der Waals surface area contributed by atoms with Gasteiger partial charge >= 0.3 is 0 Å². The second-order valence-corrected chi connectivity index (χ2v) is 3.09. The SMILES string of the molecule is [B]Cc1c(Cl)cc(OC)cc1Cl. The van der Waals surface area contributed by atoms with Gasteiger partial charge in [-0.05, 0) is 17.7 Å². The monoisotopic (exact) mass is 200 g/mol. The molecule has 62 valence electrons. The lowest BCUT2D eigenvalue weighted by molar-refractivity contribution is 0.415. The zero-order chi connectivity index (χ0) is 9.14. The zero-order valence-electron chi connectivity index (χ0n) is 6.60. The molecular formula is C8H7BCl2O.